The molecule has 3 rings (SSSR count). The average molecular weight is 350 g/mol. The molecule has 2 fully saturated rings. The predicted molar refractivity (Wildman–Crippen MR) is 96.2 cm³/mol. The van der Waals surface area contributed by atoms with E-state index in [9.17, 15) is 8.42 Å². The maximum Gasteiger partial charge on any atom is 0.494 e. The molecular formula is C18H27BO4S. The molecule has 0 N–H and O–H groups in total. The highest BCUT2D eigenvalue weighted by Crippen LogP contribution is 2.36. The van der Waals surface area contributed by atoms with E-state index in [4.69, 9.17) is 9.31 Å². The lowest BCUT2D eigenvalue weighted by Gasteiger charge is -2.32. The van der Waals surface area contributed by atoms with Crippen molar-refractivity contribution >= 4 is 22.4 Å². The first kappa shape index (κ1) is 18.0. The largest absolute Gasteiger partial charge is 0.494 e. The van der Waals surface area contributed by atoms with Crippen LogP contribution in [0.15, 0.2) is 29.2 Å². The molecule has 0 atom stereocenters. The van der Waals surface area contributed by atoms with Gasteiger partial charge >= 0.3 is 7.12 Å². The predicted octanol–water partition coefficient (Wildman–Crippen LogP) is 2.95. The normalized spacial score (nSPS) is 23.8. The molecule has 132 valence electrons. The lowest BCUT2D eigenvalue weighted by molar-refractivity contribution is 0.00578. The molecule has 2 aliphatic rings. The zero-order chi connectivity index (χ0) is 17.6. The number of rotatable bonds is 4. The fraction of sp³-hybridized carbons (Fsp3) is 0.667. The molecule has 0 radical (unpaired) electrons. The minimum Gasteiger partial charge on any atom is -0.399 e. The van der Waals surface area contributed by atoms with E-state index >= 15 is 0 Å². The van der Waals surface area contributed by atoms with Crippen molar-refractivity contribution in [2.24, 2.45) is 5.92 Å². The third kappa shape index (κ3) is 3.42. The highest BCUT2D eigenvalue weighted by atomic mass is 32.2. The van der Waals surface area contributed by atoms with Crippen LogP contribution in [0.1, 0.15) is 53.4 Å². The van der Waals surface area contributed by atoms with Gasteiger partial charge in [-0.3, -0.25) is 0 Å². The third-order valence-corrected chi connectivity index (χ3v) is 7.55. The summed E-state index contributed by atoms with van der Waals surface area (Å²) in [6.07, 6.45) is 4.34. The van der Waals surface area contributed by atoms with Gasteiger partial charge in [-0.25, -0.2) is 8.42 Å². The first-order chi connectivity index (χ1) is 11.1. The quantitative estimate of drug-likeness (QED) is 0.784. The van der Waals surface area contributed by atoms with Gasteiger partial charge in [0.05, 0.1) is 21.9 Å². The summed E-state index contributed by atoms with van der Waals surface area (Å²) in [5, 5.41) is 0. The van der Waals surface area contributed by atoms with Gasteiger partial charge in [-0.1, -0.05) is 25.0 Å². The lowest BCUT2D eigenvalue weighted by atomic mass is 9.79. The molecule has 0 spiro atoms. The maximum absolute atomic E-state index is 12.7. The van der Waals surface area contributed by atoms with Gasteiger partial charge in [0.2, 0.25) is 0 Å². The standard InChI is InChI=1S/C18H27BO4S/c1-17(2)18(3,4)23-19(22-17)15-10-7-11-16(12-15)24(20,21)13-14-8-5-6-9-14/h7,10-12,14H,5-6,8-9,13H2,1-4H3. The zero-order valence-corrected chi connectivity index (χ0v) is 15.9. The Bertz CT molecular complexity index is 689. The number of hydrogen-bond donors (Lipinski definition) is 0. The molecule has 1 aliphatic heterocycles. The molecule has 0 amide bonds. The fourth-order valence-corrected chi connectivity index (χ4v) is 5.17. The minimum absolute atomic E-state index is 0.250. The van der Waals surface area contributed by atoms with Gasteiger partial charge in [0.1, 0.15) is 0 Å². The molecule has 0 aromatic heterocycles. The van der Waals surface area contributed by atoms with Crippen LogP contribution in [-0.2, 0) is 19.1 Å². The Morgan fingerprint density at radius 3 is 2.25 bits per heavy atom. The Labute approximate surface area is 146 Å². The highest BCUT2D eigenvalue weighted by Gasteiger charge is 2.51. The Kier molecular flexibility index (Phi) is 4.60. The van der Waals surface area contributed by atoms with Crippen LogP contribution in [0.3, 0.4) is 0 Å². The van der Waals surface area contributed by atoms with Crippen molar-refractivity contribution < 1.29 is 17.7 Å². The van der Waals surface area contributed by atoms with Crippen LogP contribution in [0.4, 0.5) is 0 Å². The summed E-state index contributed by atoms with van der Waals surface area (Å²) in [6.45, 7) is 7.97. The van der Waals surface area contributed by atoms with Gasteiger partial charge in [0, 0.05) is 0 Å². The number of sulfone groups is 1. The van der Waals surface area contributed by atoms with Crippen molar-refractivity contribution in [3.8, 4) is 0 Å². The van der Waals surface area contributed by atoms with Crippen LogP contribution in [0.5, 0.6) is 0 Å². The summed E-state index contributed by atoms with van der Waals surface area (Å²) in [5.74, 6) is 0.551. The van der Waals surface area contributed by atoms with Gasteiger partial charge < -0.3 is 9.31 Å². The first-order valence-electron chi connectivity index (χ1n) is 8.79. The van der Waals surface area contributed by atoms with Crippen molar-refractivity contribution in [1.82, 2.24) is 0 Å². The first-order valence-corrected chi connectivity index (χ1v) is 10.4. The van der Waals surface area contributed by atoms with Crippen LogP contribution in [0, 0.1) is 5.92 Å². The second kappa shape index (κ2) is 6.15. The monoisotopic (exact) mass is 350 g/mol. The van der Waals surface area contributed by atoms with Gasteiger partial charge in [-0.05, 0) is 64.1 Å². The Morgan fingerprint density at radius 2 is 1.67 bits per heavy atom. The molecule has 24 heavy (non-hydrogen) atoms. The number of benzene rings is 1. The summed E-state index contributed by atoms with van der Waals surface area (Å²) in [6, 6.07) is 7.05. The van der Waals surface area contributed by atoms with Crippen LogP contribution in [0.2, 0.25) is 0 Å². The summed E-state index contributed by atoms with van der Waals surface area (Å²) >= 11 is 0. The van der Waals surface area contributed by atoms with Gasteiger partial charge in [0.15, 0.2) is 9.84 Å². The van der Waals surface area contributed by atoms with Crippen molar-refractivity contribution in [3.05, 3.63) is 24.3 Å². The molecule has 1 saturated heterocycles. The fourth-order valence-electron chi connectivity index (χ4n) is 3.42. The van der Waals surface area contributed by atoms with Crippen molar-refractivity contribution in [2.75, 3.05) is 5.75 Å². The average Bonchev–Trinajstić information content (AvgIpc) is 3.05. The third-order valence-electron chi connectivity index (χ3n) is 5.67. The van der Waals surface area contributed by atoms with Crippen molar-refractivity contribution in [1.29, 1.82) is 0 Å². The van der Waals surface area contributed by atoms with Gasteiger partial charge in [-0.2, -0.15) is 0 Å². The topological polar surface area (TPSA) is 52.6 Å². The molecular weight excluding hydrogens is 323 g/mol. The van der Waals surface area contributed by atoms with E-state index in [1.165, 1.54) is 0 Å². The van der Waals surface area contributed by atoms with E-state index in [0.29, 0.717) is 10.8 Å². The zero-order valence-electron chi connectivity index (χ0n) is 15.0. The second-order valence-electron chi connectivity index (χ2n) is 8.09. The molecule has 1 heterocycles. The molecule has 1 aliphatic carbocycles. The van der Waals surface area contributed by atoms with E-state index in [-0.39, 0.29) is 5.75 Å². The SMILES string of the molecule is CC1(C)OB(c2cccc(S(=O)(=O)CC3CCCC3)c2)OC1(C)C. The molecule has 6 heteroatoms. The van der Waals surface area contributed by atoms with Crippen LogP contribution in [-0.4, -0.2) is 32.5 Å². The van der Waals surface area contributed by atoms with Crippen LogP contribution < -0.4 is 5.46 Å². The smallest absolute Gasteiger partial charge is 0.399 e. The summed E-state index contributed by atoms with van der Waals surface area (Å²) in [5.41, 5.74) is -0.103. The maximum atomic E-state index is 12.7. The molecule has 0 unspecified atom stereocenters. The van der Waals surface area contributed by atoms with Crippen LogP contribution in [0.25, 0.3) is 0 Å². The Balaban J connectivity index is 1.82. The summed E-state index contributed by atoms with van der Waals surface area (Å²) in [4.78, 5) is 0.376. The lowest BCUT2D eigenvalue weighted by Crippen LogP contribution is -2.41. The highest BCUT2D eigenvalue weighted by molar-refractivity contribution is 7.91. The molecule has 0 bridgehead atoms. The molecule has 1 aromatic carbocycles. The van der Waals surface area contributed by atoms with E-state index in [2.05, 4.69) is 0 Å². The van der Waals surface area contributed by atoms with Gasteiger partial charge in [-0.15, -0.1) is 0 Å². The summed E-state index contributed by atoms with van der Waals surface area (Å²) < 4.78 is 37.5. The molecule has 1 saturated carbocycles. The van der Waals surface area contributed by atoms with Gasteiger partial charge in [0.25, 0.3) is 0 Å². The number of hydrogen-bond acceptors (Lipinski definition) is 4. The molecule has 4 nitrogen and oxygen atoms in total. The van der Waals surface area contributed by atoms with E-state index in [1.54, 1.807) is 18.2 Å². The van der Waals surface area contributed by atoms with Crippen molar-refractivity contribution in [3.63, 3.8) is 0 Å². The van der Waals surface area contributed by atoms with E-state index in [1.807, 2.05) is 33.8 Å². The van der Waals surface area contributed by atoms with Crippen LogP contribution >= 0.6 is 0 Å². The Hall–Kier alpha value is -0.845. The van der Waals surface area contributed by atoms with Crippen molar-refractivity contribution in [2.45, 2.75) is 69.5 Å². The summed E-state index contributed by atoms with van der Waals surface area (Å²) in [7, 11) is -3.80. The molecule has 1 aromatic rings. The second-order valence-corrected chi connectivity index (χ2v) is 10.1. The Morgan fingerprint density at radius 1 is 1.08 bits per heavy atom. The van der Waals surface area contributed by atoms with E-state index < -0.39 is 28.2 Å². The van der Waals surface area contributed by atoms with E-state index in [0.717, 1.165) is 31.1 Å². The minimum atomic E-state index is -3.26.